The van der Waals surface area contributed by atoms with Gasteiger partial charge in [-0.05, 0) is 30.0 Å². The maximum absolute atomic E-state index is 6.14. The van der Waals surface area contributed by atoms with E-state index in [0.717, 1.165) is 58.1 Å². The molecule has 1 aromatic heterocycles. The molecule has 2 aromatic carbocycles. The fourth-order valence-corrected chi connectivity index (χ4v) is 5.10. The molecule has 33 heavy (non-hydrogen) atoms. The van der Waals surface area contributed by atoms with Gasteiger partial charge in [0.1, 0.15) is 0 Å². The second kappa shape index (κ2) is 11.4. The minimum absolute atomic E-state index is 0. The normalized spacial score (nSPS) is 21.1. The number of aromatic nitrogens is 1. The molecular formula is C26H34IN5O. The van der Waals surface area contributed by atoms with E-state index in [2.05, 4.69) is 85.9 Å². The Morgan fingerprint density at radius 3 is 2.79 bits per heavy atom. The SMILES string of the molecule is CN=C(NCCCc1c[nH]c2ccccc12)N1CC2OCCN(Cc3ccccc3)C2C1.I. The first-order chi connectivity index (χ1) is 15.8. The van der Waals surface area contributed by atoms with Gasteiger partial charge in [0, 0.05) is 56.9 Å². The average Bonchev–Trinajstić information content (AvgIpc) is 3.45. The Labute approximate surface area is 213 Å². The number of nitrogens with zero attached hydrogens (tertiary/aromatic N) is 3. The largest absolute Gasteiger partial charge is 0.373 e. The van der Waals surface area contributed by atoms with E-state index in [1.54, 1.807) is 0 Å². The molecule has 2 aliphatic rings. The van der Waals surface area contributed by atoms with Crippen molar-refractivity contribution in [1.29, 1.82) is 0 Å². The lowest BCUT2D eigenvalue weighted by molar-refractivity contribution is -0.0502. The number of fused-ring (bicyclic) bond motifs is 2. The number of H-pyrrole nitrogens is 1. The van der Waals surface area contributed by atoms with Gasteiger partial charge in [-0.3, -0.25) is 9.89 Å². The summed E-state index contributed by atoms with van der Waals surface area (Å²) in [6.07, 6.45) is 4.51. The second-order valence-electron chi connectivity index (χ2n) is 8.77. The number of hydrogen-bond acceptors (Lipinski definition) is 3. The van der Waals surface area contributed by atoms with Gasteiger partial charge < -0.3 is 19.9 Å². The monoisotopic (exact) mass is 559 g/mol. The van der Waals surface area contributed by atoms with Gasteiger partial charge in [-0.25, -0.2) is 0 Å². The fourth-order valence-electron chi connectivity index (χ4n) is 5.10. The van der Waals surface area contributed by atoms with Gasteiger partial charge in [-0.2, -0.15) is 0 Å². The maximum Gasteiger partial charge on any atom is 0.193 e. The molecule has 2 aliphatic heterocycles. The van der Waals surface area contributed by atoms with Crippen LogP contribution in [0.1, 0.15) is 17.5 Å². The summed E-state index contributed by atoms with van der Waals surface area (Å²) in [6, 6.07) is 19.7. The van der Waals surface area contributed by atoms with E-state index in [-0.39, 0.29) is 30.1 Å². The summed E-state index contributed by atoms with van der Waals surface area (Å²) in [6.45, 7) is 5.54. The Bertz CT molecular complexity index is 1050. The summed E-state index contributed by atoms with van der Waals surface area (Å²) in [5.41, 5.74) is 3.96. The molecule has 0 amide bonds. The molecule has 2 fully saturated rings. The smallest absolute Gasteiger partial charge is 0.193 e. The zero-order valence-corrected chi connectivity index (χ0v) is 21.6. The number of benzene rings is 2. The second-order valence-corrected chi connectivity index (χ2v) is 8.77. The molecule has 3 heterocycles. The van der Waals surface area contributed by atoms with Crippen LogP contribution in [0.15, 0.2) is 65.8 Å². The van der Waals surface area contributed by atoms with Gasteiger partial charge in [0.2, 0.25) is 0 Å². The minimum atomic E-state index is 0. The molecule has 0 saturated carbocycles. The van der Waals surface area contributed by atoms with Crippen LogP contribution in [-0.2, 0) is 17.7 Å². The molecule has 2 N–H and O–H groups in total. The molecule has 3 aromatic rings. The first kappa shape index (κ1) is 24.0. The van der Waals surface area contributed by atoms with Crippen molar-refractivity contribution in [3.63, 3.8) is 0 Å². The van der Waals surface area contributed by atoms with Gasteiger partial charge in [0.25, 0.3) is 0 Å². The molecule has 2 unspecified atom stereocenters. The fraction of sp³-hybridized carbons (Fsp3) is 0.423. The Morgan fingerprint density at radius 1 is 1.12 bits per heavy atom. The van der Waals surface area contributed by atoms with Crippen LogP contribution in [0, 0.1) is 0 Å². The highest BCUT2D eigenvalue weighted by molar-refractivity contribution is 14.0. The summed E-state index contributed by atoms with van der Waals surface area (Å²) in [5, 5.41) is 4.92. The van der Waals surface area contributed by atoms with E-state index in [4.69, 9.17) is 4.74 Å². The standard InChI is InChI=1S/C26H33N5O.HI/c1-27-26(28-13-7-10-21-16-29-23-12-6-5-11-22(21)23)31-18-24-25(19-31)32-15-14-30(24)17-20-8-3-2-4-9-20;/h2-6,8-9,11-12,16,24-25,29H,7,10,13-15,17-19H2,1H3,(H,27,28);1H. The molecule has 0 aliphatic carbocycles. The molecule has 6 nitrogen and oxygen atoms in total. The van der Waals surface area contributed by atoms with Crippen LogP contribution in [0.5, 0.6) is 0 Å². The summed E-state index contributed by atoms with van der Waals surface area (Å²) < 4.78 is 6.14. The maximum atomic E-state index is 6.14. The van der Waals surface area contributed by atoms with Crippen LogP contribution in [0.2, 0.25) is 0 Å². The Balaban J connectivity index is 0.00000259. The molecule has 2 saturated heterocycles. The third-order valence-corrected chi connectivity index (χ3v) is 6.74. The number of likely N-dealkylation sites (tertiary alicyclic amines) is 1. The Morgan fingerprint density at radius 2 is 1.94 bits per heavy atom. The van der Waals surface area contributed by atoms with Crippen molar-refractivity contribution in [1.82, 2.24) is 20.1 Å². The summed E-state index contributed by atoms with van der Waals surface area (Å²) in [5.74, 6) is 0.988. The summed E-state index contributed by atoms with van der Waals surface area (Å²) >= 11 is 0. The predicted octanol–water partition coefficient (Wildman–Crippen LogP) is 3.88. The number of ether oxygens (including phenoxy) is 1. The number of nitrogens with one attached hydrogen (secondary N) is 2. The van der Waals surface area contributed by atoms with Crippen molar-refractivity contribution in [2.45, 2.75) is 31.5 Å². The van der Waals surface area contributed by atoms with E-state index in [1.807, 2.05) is 7.05 Å². The number of para-hydroxylation sites is 1. The topological polar surface area (TPSA) is 55.9 Å². The number of aliphatic imine (C=N–C) groups is 1. The molecule has 0 radical (unpaired) electrons. The Kier molecular flexibility index (Phi) is 8.27. The number of halogens is 1. The number of hydrogen-bond donors (Lipinski definition) is 2. The first-order valence-electron chi connectivity index (χ1n) is 11.7. The van der Waals surface area contributed by atoms with E-state index in [1.165, 1.54) is 22.0 Å². The third kappa shape index (κ3) is 5.53. The van der Waals surface area contributed by atoms with Crippen LogP contribution >= 0.6 is 24.0 Å². The van der Waals surface area contributed by atoms with E-state index in [9.17, 15) is 0 Å². The van der Waals surface area contributed by atoms with Gasteiger partial charge in [-0.1, -0.05) is 48.5 Å². The number of guanidine groups is 1. The van der Waals surface area contributed by atoms with E-state index < -0.39 is 0 Å². The zero-order chi connectivity index (χ0) is 21.8. The van der Waals surface area contributed by atoms with Gasteiger partial charge in [0.15, 0.2) is 5.96 Å². The van der Waals surface area contributed by atoms with Crippen LogP contribution in [0.4, 0.5) is 0 Å². The Hall–Kier alpha value is -2.10. The predicted molar refractivity (Wildman–Crippen MR) is 145 cm³/mol. The highest BCUT2D eigenvalue weighted by Crippen LogP contribution is 2.25. The molecular weight excluding hydrogens is 525 g/mol. The van der Waals surface area contributed by atoms with Gasteiger partial charge in [-0.15, -0.1) is 24.0 Å². The lowest BCUT2D eigenvalue weighted by Crippen LogP contribution is -2.50. The molecule has 2 atom stereocenters. The molecule has 7 heteroatoms. The van der Waals surface area contributed by atoms with Crippen LogP contribution in [0.25, 0.3) is 10.9 Å². The van der Waals surface area contributed by atoms with Gasteiger partial charge >= 0.3 is 0 Å². The molecule has 0 spiro atoms. The van der Waals surface area contributed by atoms with Crippen molar-refractivity contribution < 1.29 is 4.74 Å². The van der Waals surface area contributed by atoms with E-state index in [0.29, 0.717) is 6.04 Å². The number of morpholine rings is 1. The van der Waals surface area contributed by atoms with Crippen molar-refractivity contribution in [3.8, 4) is 0 Å². The number of aromatic amines is 1. The lowest BCUT2D eigenvalue weighted by atomic mass is 10.1. The highest BCUT2D eigenvalue weighted by Gasteiger charge is 2.41. The zero-order valence-electron chi connectivity index (χ0n) is 19.2. The van der Waals surface area contributed by atoms with Crippen molar-refractivity contribution in [2.75, 3.05) is 39.8 Å². The van der Waals surface area contributed by atoms with Crippen molar-refractivity contribution >= 4 is 40.8 Å². The average molecular weight is 559 g/mol. The minimum Gasteiger partial charge on any atom is -0.373 e. The quantitative estimate of drug-likeness (QED) is 0.209. The molecule has 176 valence electrons. The third-order valence-electron chi connectivity index (χ3n) is 6.74. The molecule has 0 bridgehead atoms. The summed E-state index contributed by atoms with van der Waals surface area (Å²) in [4.78, 5) is 12.9. The highest BCUT2D eigenvalue weighted by atomic mass is 127. The van der Waals surface area contributed by atoms with Gasteiger partial charge in [0.05, 0.1) is 18.8 Å². The van der Waals surface area contributed by atoms with Crippen LogP contribution < -0.4 is 5.32 Å². The van der Waals surface area contributed by atoms with Crippen LogP contribution in [-0.4, -0.2) is 72.7 Å². The van der Waals surface area contributed by atoms with Crippen molar-refractivity contribution in [2.24, 2.45) is 4.99 Å². The van der Waals surface area contributed by atoms with Crippen LogP contribution in [0.3, 0.4) is 0 Å². The molecule has 5 rings (SSSR count). The van der Waals surface area contributed by atoms with Crippen molar-refractivity contribution in [3.05, 3.63) is 71.9 Å². The van der Waals surface area contributed by atoms with E-state index >= 15 is 0 Å². The summed E-state index contributed by atoms with van der Waals surface area (Å²) in [7, 11) is 1.88. The first-order valence-corrected chi connectivity index (χ1v) is 11.7. The number of aryl methyl sites for hydroxylation is 1. The lowest BCUT2D eigenvalue weighted by Gasteiger charge is -2.36. The number of rotatable bonds is 6.